The maximum absolute atomic E-state index is 7.13. The van der Waals surface area contributed by atoms with E-state index in [0.29, 0.717) is 23.4 Å². The molecular weight excluding hydrogens is 241 g/mol. The third-order valence-corrected chi connectivity index (χ3v) is 0. The number of rotatable bonds is 0. The molecule has 0 aliphatic heterocycles. The fourth-order valence-electron chi connectivity index (χ4n) is 0. The fourth-order valence-corrected chi connectivity index (χ4v) is 0. The van der Waals surface area contributed by atoms with Crippen LogP contribution in [0.4, 0.5) is 0 Å². The standard InChI is InChI=1S/K.5H2O.Sb.3H/h;5*1H2;;;;/q;;;;;;+1;;;/p-1. The molecule has 0 atom stereocenters. The Balaban J connectivity index is -0.000000000500. The first kappa shape index (κ1) is 59.5. The van der Waals surface area contributed by atoms with Crippen molar-refractivity contribution in [3.8, 4) is 0 Å². The van der Waals surface area contributed by atoms with Crippen LogP contribution in [0.3, 0.4) is 0 Å². The third-order valence-electron chi connectivity index (χ3n) is 0. The maximum atomic E-state index is 7.13. The predicted molar refractivity (Wildman–Crippen MR) is 32.4 cm³/mol. The normalized spacial score (nSPS) is 0.857. The van der Waals surface area contributed by atoms with Crippen LogP contribution in [-0.2, 0) is 0 Å². The van der Waals surface area contributed by atoms with E-state index < -0.39 is 0 Å². The van der Waals surface area contributed by atoms with Gasteiger partial charge in [-0.2, -0.15) is 0 Å². The van der Waals surface area contributed by atoms with Gasteiger partial charge in [-0.3, -0.25) is 0 Å². The molecule has 0 bridgehead atoms. The molecule has 0 aromatic heterocycles. The first-order chi connectivity index (χ1) is 1.00. The van der Waals surface area contributed by atoms with Gasteiger partial charge >= 0.3 is 78.2 Å². The van der Waals surface area contributed by atoms with Crippen molar-refractivity contribution in [2.75, 3.05) is 0 Å². The first-order valence-electron chi connectivity index (χ1n) is 0.258. The summed E-state index contributed by atoms with van der Waals surface area (Å²) < 4.78 is 7.13. The van der Waals surface area contributed by atoms with Crippen molar-refractivity contribution < 1.29 is 25.3 Å². The van der Waals surface area contributed by atoms with Crippen LogP contribution in [0.2, 0.25) is 0 Å². The topological polar surface area (TPSA) is 146 Å². The molecule has 7 heavy (non-hydrogen) atoms. The Morgan fingerprint density at radius 2 is 0.714 bits per heavy atom. The Bertz CT molecular complexity index is 8.04. The monoisotopic (exact) mass is 252 g/mol. The summed E-state index contributed by atoms with van der Waals surface area (Å²) in [5.74, 6) is 0. The Morgan fingerprint density at radius 1 is 0.714 bits per heavy atom. The van der Waals surface area contributed by atoms with Crippen molar-refractivity contribution in [3.05, 3.63) is 0 Å². The summed E-state index contributed by atoms with van der Waals surface area (Å²) in [4.78, 5) is 0. The van der Waals surface area contributed by atoms with Gasteiger partial charge in [0.2, 0.25) is 0 Å². The molecule has 0 unspecified atom stereocenters. The molecule has 7 heteroatoms. The fraction of sp³-hybridized carbons (Fsp3) is 0. The Hall–Kier alpha value is 2.25. The van der Waals surface area contributed by atoms with Gasteiger partial charge in [0.1, 0.15) is 0 Å². The summed E-state index contributed by atoms with van der Waals surface area (Å²) >= 11 is 0.350. The van der Waals surface area contributed by atoms with Crippen LogP contribution in [0.1, 0.15) is 0 Å². The van der Waals surface area contributed by atoms with Gasteiger partial charge < -0.3 is 21.9 Å². The molecule has 0 radical (unpaired) electrons. The van der Waals surface area contributed by atoms with Crippen LogP contribution in [0.25, 0.3) is 0 Å². The summed E-state index contributed by atoms with van der Waals surface area (Å²) in [6.07, 6.45) is 0. The van der Waals surface area contributed by atoms with E-state index in [1.807, 2.05) is 0 Å². The quantitative estimate of drug-likeness (QED) is 0.421. The third kappa shape index (κ3) is 63.5. The number of hydrogen-bond acceptors (Lipinski definition) is 1. The van der Waals surface area contributed by atoms with E-state index >= 15 is 0 Å². The van der Waals surface area contributed by atoms with Crippen molar-refractivity contribution >= 4 is 74.8 Å². The van der Waals surface area contributed by atoms with Gasteiger partial charge in [0, 0.05) is 0 Å². The second-order valence-electron chi connectivity index (χ2n) is 0. The molecular formula is H12KO5Sb. The number of hydrogen-bond donors (Lipinski definition) is 1. The minimum atomic E-state index is 0. The molecule has 0 amide bonds. The molecule has 0 spiro atoms. The van der Waals surface area contributed by atoms with Gasteiger partial charge in [-0.15, -0.1) is 0 Å². The van der Waals surface area contributed by atoms with Crippen molar-refractivity contribution in [2.24, 2.45) is 0 Å². The second kappa shape index (κ2) is 85.5. The van der Waals surface area contributed by atoms with E-state index in [1.165, 1.54) is 0 Å². The Labute approximate surface area is 98.2 Å². The molecule has 0 saturated carbocycles. The summed E-state index contributed by atoms with van der Waals surface area (Å²) in [6, 6.07) is 0. The van der Waals surface area contributed by atoms with Crippen molar-refractivity contribution in [1.29, 1.82) is 0 Å². The Morgan fingerprint density at radius 3 is 0.714 bits per heavy atom. The zero-order chi connectivity index (χ0) is 2.00. The molecule has 9 N–H and O–H groups in total. The molecule has 5 nitrogen and oxygen atoms in total. The summed E-state index contributed by atoms with van der Waals surface area (Å²) in [5.41, 5.74) is 0. The van der Waals surface area contributed by atoms with Crippen LogP contribution < -0.4 is 0 Å². The van der Waals surface area contributed by atoms with Gasteiger partial charge in [0.25, 0.3) is 0 Å². The molecule has 0 saturated heterocycles. The molecule has 0 aromatic carbocycles. The van der Waals surface area contributed by atoms with Gasteiger partial charge in [0.05, 0.1) is 0 Å². The molecule has 0 heterocycles. The van der Waals surface area contributed by atoms with E-state index in [2.05, 4.69) is 0 Å². The van der Waals surface area contributed by atoms with Crippen LogP contribution in [-0.4, -0.2) is 100 Å². The van der Waals surface area contributed by atoms with Crippen molar-refractivity contribution in [2.45, 2.75) is 0 Å². The van der Waals surface area contributed by atoms with E-state index in [9.17, 15) is 0 Å². The first-order valence-corrected chi connectivity index (χ1v) is 1.73. The average molecular weight is 253 g/mol. The predicted octanol–water partition coefficient (Wildman–Crippen LogP) is -5.42. The molecule has 0 aliphatic rings. The van der Waals surface area contributed by atoms with Crippen LogP contribution in [0, 0.1) is 0 Å². The van der Waals surface area contributed by atoms with Gasteiger partial charge in [-0.25, -0.2) is 0 Å². The molecule has 0 rings (SSSR count). The van der Waals surface area contributed by atoms with Gasteiger partial charge in [-0.05, 0) is 0 Å². The van der Waals surface area contributed by atoms with Crippen LogP contribution in [0.15, 0.2) is 0 Å². The average Bonchev–Trinajstić information content (AvgIpc) is 1.00. The molecule has 0 aliphatic carbocycles. The Kier molecular flexibility index (Phi) is 727. The summed E-state index contributed by atoms with van der Waals surface area (Å²) in [6.45, 7) is 0. The van der Waals surface area contributed by atoms with Crippen molar-refractivity contribution in [1.82, 2.24) is 0 Å². The van der Waals surface area contributed by atoms with Gasteiger partial charge in [-0.1, -0.05) is 0 Å². The summed E-state index contributed by atoms with van der Waals surface area (Å²) in [5, 5.41) is 0. The van der Waals surface area contributed by atoms with Crippen LogP contribution in [0.5, 0.6) is 0 Å². The zero-order valence-electron chi connectivity index (χ0n) is 3.02. The van der Waals surface area contributed by atoms with Crippen LogP contribution >= 0.6 is 0 Å². The van der Waals surface area contributed by atoms with E-state index in [4.69, 9.17) is 3.39 Å². The summed E-state index contributed by atoms with van der Waals surface area (Å²) in [7, 11) is 0. The zero-order valence-corrected chi connectivity index (χ0v) is 6.32. The van der Waals surface area contributed by atoms with Gasteiger partial charge in [0.15, 0.2) is 0 Å². The van der Waals surface area contributed by atoms with E-state index in [-0.39, 0.29) is 73.3 Å². The second-order valence-corrected chi connectivity index (χ2v) is 0. The van der Waals surface area contributed by atoms with E-state index in [0.717, 1.165) is 0 Å². The van der Waals surface area contributed by atoms with E-state index in [1.54, 1.807) is 0 Å². The molecule has 0 aromatic rings. The van der Waals surface area contributed by atoms with Crippen molar-refractivity contribution in [3.63, 3.8) is 0 Å². The minimum absolute atomic E-state index is 0. The molecule has 48 valence electrons. The molecule has 0 fully saturated rings. The SMILES string of the molecule is O.O.O.O.[KH].[OH][SbH2].